The molecule has 2 aromatic carbocycles. The number of amides is 1. The van der Waals surface area contributed by atoms with Crippen LogP contribution in [0.5, 0.6) is 0 Å². The lowest BCUT2D eigenvalue weighted by atomic mass is 9.97. The number of nitrogens with zero attached hydrogens (tertiary/aromatic N) is 1. The molecule has 24 heavy (non-hydrogen) atoms. The number of hydrogen-bond acceptors (Lipinski definition) is 1. The minimum Gasteiger partial charge on any atom is -0.342 e. The lowest BCUT2D eigenvalue weighted by Crippen LogP contribution is -2.34. The van der Waals surface area contributed by atoms with Crippen LogP contribution in [-0.4, -0.2) is 23.9 Å². The van der Waals surface area contributed by atoms with Crippen LogP contribution in [0.2, 0.25) is 0 Å². The van der Waals surface area contributed by atoms with Crippen LogP contribution < -0.4 is 0 Å². The Morgan fingerprint density at radius 2 is 1.54 bits per heavy atom. The van der Waals surface area contributed by atoms with Gasteiger partial charge in [-0.2, -0.15) is 0 Å². The molecule has 0 bridgehead atoms. The van der Waals surface area contributed by atoms with Crippen LogP contribution in [0.25, 0.3) is 0 Å². The van der Waals surface area contributed by atoms with Gasteiger partial charge in [-0.05, 0) is 48.3 Å². The highest BCUT2D eigenvalue weighted by Crippen LogP contribution is 2.18. The second-order valence-corrected chi connectivity index (χ2v) is 6.98. The average Bonchev–Trinajstić information content (AvgIpc) is 2.83. The topological polar surface area (TPSA) is 20.3 Å². The molecule has 1 atom stereocenters. The second kappa shape index (κ2) is 8.14. The van der Waals surface area contributed by atoms with E-state index in [0.29, 0.717) is 18.2 Å². The Hall–Kier alpha value is -2.09. The molecule has 126 valence electrons. The highest BCUT2D eigenvalue weighted by molar-refractivity contribution is 5.76. The van der Waals surface area contributed by atoms with Crippen molar-refractivity contribution in [1.82, 2.24) is 4.90 Å². The molecule has 0 aromatic heterocycles. The molecule has 2 nitrogen and oxygen atoms in total. The lowest BCUT2D eigenvalue weighted by Gasteiger charge is -2.22. The molecule has 1 heterocycles. The van der Waals surface area contributed by atoms with E-state index in [2.05, 4.69) is 60.4 Å². The Labute approximate surface area is 145 Å². The van der Waals surface area contributed by atoms with E-state index in [4.69, 9.17) is 0 Å². The summed E-state index contributed by atoms with van der Waals surface area (Å²) in [4.78, 5) is 14.7. The van der Waals surface area contributed by atoms with Crippen molar-refractivity contribution in [1.29, 1.82) is 0 Å². The summed E-state index contributed by atoms with van der Waals surface area (Å²) in [7, 11) is 0. The van der Waals surface area contributed by atoms with Crippen LogP contribution in [0.4, 0.5) is 0 Å². The van der Waals surface area contributed by atoms with E-state index in [1.54, 1.807) is 0 Å². The quantitative estimate of drug-likeness (QED) is 0.805. The first kappa shape index (κ1) is 16.8. The highest BCUT2D eigenvalue weighted by Gasteiger charge is 2.19. The molecule has 0 fully saturated rings. The van der Waals surface area contributed by atoms with Crippen molar-refractivity contribution >= 4 is 5.91 Å². The van der Waals surface area contributed by atoms with Gasteiger partial charge in [0, 0.05) is 19.5 Å². The lowest BCUT2D eigenvalue weighted by molar-refractivity contribution is -0.132. The summed E-state index contributed by atoms with van der Waals surface area (Å²) in [5, 5.41) is 0. The van der Waals surface area contributed by atoms with Gasteiger partial charge in [0.15, 0.2) is 0 Å². The number of carbonyl (C=O) groups is 1. The number of aryl methyl sites for hydroxylation is 1. The van der Waals surface area contributed by atoms with Gasteiger partial charge in [-0.3, -0.25) is 4.79 Å². The predicted octanol–water partition coefficient (Wildman–Crippen LogP) is 4.27. The standard InChI is InChI=1S/C22H27NO/c1-18(11-12-19-7-3-2-4-8-19)17-22(24)23-15-13-20-9-5-6-10-21(20)14-16-23/h2-10,18H,11-17H2,1H3. The fourth-order valence-electron chi connectivity index (χ4n) is 3.50. The van der Waals surface area contributed by atoms with Crippen molar-refractivity contribution in [2.45, 2.75) is 39.0 Å². The largest absolute Gasteiger partial charge is 0.342 e. The molecular formula is C22H27NO. The molecule has 2 aromatic rings. The maximum absolute atomic E-state index is 12.6. The number of carbonyl (C=O) groups excluding carboxylic acids is 1. The summed E-state index contributed by atoms with van der Waals surface area (Å²) in [6.07, 6.45) is 4.77. The zero-order valence-electron chi connectivity index (χ0n) is 14.6. The van der Waals surface area contributed by atoms with Crippen molar-refractivity contribution in [3.63, 3.8) is 0 Å². The molecular weight excluding hydrogens is 294 g/mol. The van der Waals surface area contributed by atoms with Gasteiger partial charge < -0.3 is 4.90 Å². The Bertz CT molecular complexity index is 638. The van der Waals surface area contributed by atoms with Crippen molar-refractivity contribution in [2.24, 2.45) is 5.92 Å². The summed E-state index contributed by atoms with van der Waals surface area (Å²) in [5.74, 6) is 0.756. The van der Waals surface area contributed by atoms with Gasteiger partial charge in [-0.1, -0.05) is 61.5 Å². The first-order valence-corrected chi connectivity index (χ1v) is 9.11. The van der Waals surface area contributed by atoms with E-state index in [0.717, 1.165) is 38.8 Å². The predicted molar refractivity (Wildman–Crippen MR) is 99.0 cm³/mol. The van der Waals surface area contributed by atoms with Gasteiger partial charge in [0.25, 0.3) is 0 Å². The monoisotopic (exact) mass is 321 g/mol. The number of rotatable bonds is 5. The van der Waals surface area contributed by atoms with Crippen molar-refractivity contribution in [3.05, 3.63) is 71.3 Å². The van der Waals surface area contributed by atoms with E-state index in [-0.39, 0.29) is 0 Å². The number of hydrogen-bond donors (Lipinski definition) is 0. The van der Waals surface area contributed by atoms with Crippen LogP contribution in [0.15, 0.2) is 54.6 Å². The van der Waals surface area contributed by atoms with Crippen LogP contribution in [0.1, 0.15) is 36.5 Å². The molecule has 1 aliphatic rings. The first-order chi connectivity index (χ1) is 11.7. The van der Waals surface area contributed by atoms with Gasteiger partial charge in [-0.25, -0.2) is 0 Å². The van der Waals surface area contributed by atoms with Gasteiger partial charge in [0.1, 0.15) is 0 Å². The zero-order chi connectivity index (χ0) is 16.8. The fraction of sp³-hybridized carbons (Fsp3) is 0.409. The molecule has 1 unspecified atom stereocenters. The highest BCUT2D eigenvalue weighted by atomic mass is 16.2. The van der Waals surface area contributed by atoms with Crippen LogP contribution in [0.3, 0.4) is 0 Å². The second-order valence-electron chi connectivity index (χ2n) is 6.98. The molecule has 3 rings (SSSR count). The Kier molecular flexibility index (Phi) is 5.68. The third-order valence-corrected chi connectivity index (χ3v) is 5.06. The summed E-state index contributed by atoms with van der Waals surface area (Å²) >= 11 is 0. The average molecular weight is 321 g/mol. The Balaban J connectivity index is 1.48. The molecule has 0 spiro atoms. The molecule has 1 aliphatic heterocycles. The summed E-state index contributed by atoms with van der Waals surface area (Å²) < 4.78 is 0. The van der Waals surface area contributed by atoms with Crippen LogP contribution in [0, 0.1) is 5.92 Å². The molecule has 0 saturated carbocycles. The zero-order valence-corrected chi connectivity index (χ0v) is 14.6. The molecule has 1 amide bonds. The maximum atomic E-state index is 12.6. The SMILES string of the molecule is CC(CCc1ccccc1)CC(=O)N1CCc2ccccc2CC1. The van der Waals surface area contributed by atoms with Crippen molar-refractivity contribution in [2.75, 3.05) is 13.1 Å². The van der Waals surface area contributed by atoms with Gasteiger partial charge in [-0.15, -0.1) is 0 Å². The van der Waals surface area contributed by atoms with E-state index in [1.165, 1.54) is 16.7 Å². The van der Waals surface area contributed by atoms with Crippen LogP contribution >= 0.6 is 0 Å². The molecule has 0 aliphatic carbocycles. The van der Waals surface area contributed by atoms with Gasteiger partial charge in [0.05, 0.1) is 0 Å². The third-order valence-electron chi connectivity index (χ3n) is 5.06. The maximum Gasteiger partial charge on any atom is 0.222 e. The van der Waals surface area contributed by atoms with Gasteiger partial charge >= 0.3 is 0 Å². The summed E-state index contributed by atoms with van der Waals surface area (Å²) in [5.41, 5.74) is 4.18. The normalized spacial score (nSPS) is 15.5. The van der Waals surface area contributed by atoms with Gasteiger partial charge in [0.2, 0.25) is 5.91 Å². The molecule has 0 N–H and O–H groups in total. The molecule has 0 radical (unpaired) electrons. The third kappa shape index (κ3) is 4.47. The Morgan fingerprint density at radius 1 is 0.958 bits per heavy atom. The Morgan fingerprint density at radius 3 is 2.17 bits per heavy atom. The smallest absolute Gasteiger partial charge is 0.222 e. The van der Waals surface area contributed by atoms with Crippen molar-refractivity contribution in [3.8, 4) is 0 Å². The molecule has 2 heteroatoms. The van der Waals surface area contributed by atoms with E-state index < -0.39 is 0 Å². The first-order valence-electron chi connectivity index (χ1n) is 9.11. The number of benzene rings is 2. The molecule has 0 saturated heterocycles. The minimum absolute atomic E-state index is 0.323. The fourth-order valence-corrected chi connectivity index (χ4v) is 3.50. The van der Waals surface area contributed by atoms with E-state index >= 15 is 0 Å². The van der Waals surface area contributed by atoms with Crippen molar-refractivity contribution < 1.29 is 4.79 Å². The summed E-state index contributed by atoms with van der Waals surface area (Å²) in [6.45, 7) is 3.93. The minimum atomic E-state index is 0.323. The van der Waals surface area contributed by atoms with E-state index in [1.807, 2.05) is 6.07 Å². The number of fused-ring (bicyclic) bond motifs is 1. The summed E-state index contributed by atoms with van der Waals surface area (Å²) in [6, 6.07) is 19.1. The van der Waals surface area contributed by atoms with E-state index in [9.17, 15) is 4.79 Å². The van der Waals surface area contributed by atoms with Crippen LogP contribution in [-0.2, 0) is 24.1 Å².